The van der Waals surface area contributed by atoms with Gasteiger partial charge in [0.25, 0.3) is 0 Å². The summed E-state index contributed by atoms with van der Waals surface area (Å²) in [5, 5.41) is 10.0. The molecule has 262 valence electrons. The van der Waals surface area contributed by atoms with Gasteiger partial charge in [-0.25, -0.2) is 0 Å². The van der Waals surface area contributed by atoms with Crippen LogP contribution in [0.1, 0.15) is 0 Å². The van der Waals surface area contributed by atoms with Gasteiger partial charge >= 0.3 is 0 Å². The number of nitrogens with zero attached hydrogens (tertiary/aromatic N) is 2. The van der Waals surface area contributed by atoms with Crippen LogP contribution < -0.4 is 4.90 Å². The molecule has 0 unspecified atom stereocenters. The number of fused-ring (bicyclic) bond motifs is 7. The van der Waals surface area contributed by atoms with Gasteiger partial charge in [-0.1, -0.05) is 152 Å². The second kappa shape index (κ2) is 13.2. The van der Waals surface area contributed by atoms with Crippen LogP contribution in [0.5, 0.6) is 0 Å². The summed E-state index contributed by atoms with van der Waals surface area (Å²) in [4.78, 5) is 2.38. The van der Waals surface area contributed by atoms with Gasteiger partial charge in [-0.3, -0.25) is 0 Å². The van der Waals surface area contributed by atoms with Gasteiger partial charge in [0.15, 0.2) is 0 Å². The van der Waals surface area contributed by atoms with Crippen LogP contribution in [0, 0.1) is 0 Å². The minimum absolute atomic E-state index is 1.10. The molecule has 0 radical (unpaired) electrons. The van der Waals surface area contributed by atoms with Gasteiger partial charge in [-0.2, -0.15) is 0 Å². The first-order valence-corrected chi connectivity index (χ1v) is 19.3. The van der Waals surface area contributed by atoms with Crippen molar-refractivity contribution in [1.29, 1.82) is 0 Å². The Kier molecular flexibility index (Phi) is 7.53. The third kappa shape index (κ3) is 5.42. The Hall–Kier alpha value is -7.42. The van der Waals surface area contributed by atoms with Crippen molar-refractivity contribution in [2.24, 2.45) is 0 Å². The van der Waals surface area contributed by atoms with E-state index in [-0.39, 0.29) is 0 Å². The number of aromatic nitrogens is 1. The Labute approximate surface area is 325 Å². The minimum Gasteiger partial charge on any atom is -0.310 e. The smallest absolute Gasteiger partial charge is 0.0547 e. The van der Waals surface area contributed by atoms with Crippen molar-refractivity contribution >= 4 is 71.2 Å². The van der Waals surface area contributed by atoms with E-state index in [1.54, 1.807) is 0 Å². The molecule has 0 aliphatic carbocycles. The molecule has 0 aliphatic rings. The normalized spacial score (nSPS) is 11.6. The molecule has 2 heteroatoms. The van der Waals surface area contributed by atoms with Crippen LogP contribution in [0.2, 0.25) is 0 Å². The molecular weight excluding hydrogens is 677 g/mol. The highest BCUT2D eigenvalue weighted by Crippen LogP contribution is 2.40. The van der Waals surface area contributed by atoms with Crippen LogP contribution >= 0.6 is 0 Å². The zero-order chi connectivity index (χ0) is 37.0. The Morgan fingerprint density at radius 3 is 1.61 bits per heavy atom. The zero-order valence-corrected chi connectivity index (χ0v) is 30.7. The number of para-hydroxylation sites is 1. The van der Waals surface area contributed by atoms with Crippen molar-refractivity contribution in [3.63, 3.8) is 0 Å². The molecule has 0 saturated carbocycles. The lowest BCUT2D eigenvalue weighted by atomic mass is 10.00. The summed E-state index contributed by atoms with van der Waals surface area (Å²) >= 11 is 0. The van der Waals surface area contributed by atoms with E-state index in [1.165, 1.54) is 76.4 Å². The van der Waals surface area contributed by atoms with Gasteiger partial charge in [-0.05, 0) is 121 Å². The molecule has 0 fully saturated rings. The molecule has 11 aromatic rings. The van der Waals surface area contributed by atoms with Gasteiger partial charge in [0.05, 0.1) is 11.0 Å². The minimum atomic E-state index is 1.10. The molecule has 1 heterocycles. The molecular formula is C54H36N2. The lowest BCUT2D eigenvalue weighted by Crippen LogP contribution is -2.10. The Morgan fingerprint density at radius 1 is 0.268 bits per heavy atom. The van der Waals surface area contributed by atoms with Crippen LogP contribution in [-0.4, -0.2) is 4.57 Å². The van der Waals surface area contributed by atoms with Gasteiger partial charge in [-0.15, -0.1) is 0 Å². The summed E-state index contributed by atoms with van der Waals surface area (Å²) in [6.07, 6.45) is 0. The van der Waals surface area contributed by atoms with Crippen LogP contribution in [0.3, 0.4) is 0 Å². The van der Waals surface area contributed by atoms with Gasteiger partial charge < -0.3 is 9.47 Å². The lowest BCUT2D eigenvalue weighted by molar-refractivity contribution is 1.18. The van der Waals surface area contributed by atoms with Crippen molar-refractivity contribution in [3.05, 3.63) is 218 Å². The maximum atomic E-state index is 2.40. The molecule has 10 aromatic carbocycles. The first kappa shape index (κ1) is 32.0. The highest BCUT2D eigenvalue weighted by molar-refractivity contribution is 6.13. The van der Waals surface area contributed by atoms with Crippen LogP contribution in [0.15, 0.2) is 218 Å². The quantitative estimate of drug-likeness (QED) is 0.156. The fraction of sp³-hybridized carbons (Fsp3) is 0. The topological polar surface area (TPSA) is 8.17 Å². The molecule has 0 bridgehead atoms. The summed E-state index contributed by atoms with van der Waals surface area (Å²) in [5.41, 5.74) is 11.7. The van der Waals surface area contributed by atoms with E-state index >= 15 is 0 Å². The molecule has 0 saturated heterocycles. The van der Waals surface area contributed by atoms with Gasteiger partial charge in [0.2, 0.25) is 0 Å². The second-order valence-electron chi connectivity index (χ2n) is 14.6. The second-order valence-corrected chi connectivity index (χ2v) is 14.6. The fourth-order valence-electron chi connectivity index (χ4n) is 8.57. The molecule has 0 spiro atoms. The van der Waals surface area contributed by atoms with Crippen molar-refractivity contribution in [2.45, 2.75) is 0 Å². The predicted octanol–water partition coefficient (Wildman–Crippen LogP) is 15.0. The fourth-order valence-corrected chi connectivity index (χ4v) is 8.57. The molecule has 0 N–H and O–H groups in total. The third-order valence-corrected chi connectivity index (χ3v) is 11.3. The first-order chi connectivity index (χ1) is 27.7. The van der Waals surface area contributed by atoms with E-state index in [0.717, 1.165) is 22.7 Å². The molecule has 1 aromatic heterocycles. The van der Waals surface area contributed by atoms with Crippen molar-refractivity contribution in [1.82, 2.24) is 4.57 Å². The van der Waals surface area contributed by atoms with E-state index < -0.39 is 0 Å². The summed E-state index contributed by atoms with van der Waals surface area (Å²) < 4.78 is 2.40. The maximum absolute atomic E-state index is 2.40. The standard InChI is InChI=1S/C54H36N2/c1-2-11-37(12-3-1)42-16-10-17-47(33-42)55(48-32-27-41-22-21-40-13-6-7-18-49(40)51(41)36-48)45-28-23-38(24-29-45)39-25-30-46(31-26-39)56-53-20-9-8-19-50(53)52-34-43-14-4-5-15-44(43)35-54(52)56/h1-36H. The monoisotopic (exact) mass is 712 g/mol. The highest BCUT2D eigenvalue weighted by atomic mass is 15.1. The molecule has 0 aliphatic heterocycles. The van der Waals surface area contributed by atoms with Crippen LogP contribution in [0.4, 0.5) is 17.1 Å². The molecule has 56 heavy (non-hydrogen) atoms. The highest BCUT2D eigenvalue weighted by Gasteiger charge is 2.17. The molecule has 2 nitrogen and oxygen atoms in total. The maximum Gasteiger partial charge on any atom is 0.0547 e. The van der Waals surface area contributed by atoms with Gasteiger partial charge in [0.1, 0.15) is 0 Å². The number of anilines is 3. The van der Waals surface area contributed by atoms with Crippen LogP contribution in [-0.2, 0) is 0 Å². The Balaban J connectivity index is 0.994. The van der Waals surface area contributed by atoms with E-state index in [9.17, 15) is 0 Å². The zero-order valence-electron chi connectivity index (χ0n) is 30.7. The summed E-state index contributed by atoms with van der Waals surface area (Å²) in [6, 6.07) is 79.5. The van der Waals surface area contributed by atoms with E-state index in [4.69, 9.17) is 0 Å². The number of hydrogen-bond donors (Lipinski definition) is 0. The van der Waals surface area contributed by atoms with Crippen LogP contribution in [0.25, 0.3) is 82.1 Å². The first-order valence-electron chi connectivity index (χ1n) is 19.3. The van der Waals surface area contributed by atoms with E-state index in [2.05, 4.69) is 228 Å². The van der Waals surface area contributed by atoms with E-state index in [0.29, 0.717) is 0 Å². The van der Waals surface area contributed by atoms with E-state index in [1.807, 2.05) is 0 Å². The predicted molar refractivity (Wildman–Crippen MR) is 239 cm³/mol. The number of benzene rings is 10. The summed E-state index contributed by atoms with van der Waals surface area (Å²) in [6.45, 7) is 0. The van der Waals surface area contributed by atoms with Gasteiger partial charge in [0, 0.05) is 33.5 Å². The average Bonchev–Trinajstić information content (AvgIpc) is 3.59. The van der Waals surface area contributed by atoms with Crippen molar-refractivity contribution in [2.75, 3.05) is 4.90 Å². The Morgan fingerprint density at radius 2 is 0.821 bits per heavy atom. The molecule has 0 atom stereocenters. The third-order valence-electron chi connectivity index (χ3n) is 11.3. The average molecular weight is 713 g/mol. The SMILES string of the molecule is c1ccc(-c2cccc(N(c3ccc(-c4ccc(-n5c6ccccc6c6cc7ccccc7cc65)cc4)cc3)c3ccc4ccc5ccccc5c4c3)c2)cc1. The van der Waals surface area contributed by atoms with Crippen molar-refractivity contribution in [3.8, 4) is 27.9 Å². The number of rotatable bonds is 6. The van der Waals surface area contributed by atoms with Crippen molar-refractivity contribution < 1.29 is 0 Å². The lowest BCUT2D eigenvalue weighted by Gasteiger charge is -2.27. The Bertz CT molecular complexity index is 3230. The summed E-state index contributed by atoms with van der Waals surface area (Å²) in [7, 11) is 0. The molecule has 11 rings (SSSR count). The number of hydrogen-bond acceptors (Lipinski definition) is 1. The molecule has 0 amide bonds. The largest absolute Gasteiger partial charge is 0.310 e. The summed E-state index contributed by atoms with van der Waals surface area (Å²) in [5.74, 6) is 0.